The molecule has 4 N–H and O–H groups in total. The predicted octanol–water partition coefficient (Wildman–Crippen LogP) is 5.59. The van der Waals surface area contributed by atoms with Crippen LogP contribution in [0.2, 0.25) is 0 Å². The zero-order chi connectivity index (χ0) is 29.1. The summed E-state index contributed by atoms with van der Waals surface area (Å²) in [4.78, 5) is 16.2. The Kier molecular flexibility index (Phi) is 6.25. The third-order valence-corrected chi connectivity index (χ3v) is 8.61. The number of halogens is 3. The molecular formula is C28H22F3N5O4S. The SMILES string of the molecule is Cc1cc(Oc2cccc(F)c2F)ccc1-n1ncc(C(=O)c2cc3cc(F)c(NS(=O)(=O)C4CC4)cc3[nH]2)c1N. The second-order valence-corrected chi connectivity index (χ2v) is 11.7. The van der Waals surface area contributed by atoms with Crippen molar-refractivity contribution in [1.82, 2.24) is 14.8 Å². The maximum absolute atomic E-state index is 14.6. The summed E-state index contributed by atoms with van der Waals surface area (Å²) in [6.45, 7) is 1.73. The summed E-state index contributed by atoms with van der Waals surface area (Å²) in [6, 6.07) is 12.2. The highest BCUT2D eigenvalue weighted by Gasteiger charge is 2.36. The van der Waals surface area contributed by atoms with Crippen molar-refractivity contribution in [3.63, 3.8) is 0 Å². The highest BCUT2D eigenvalue weighted by molar-refractivity contribution is 7.93. The first-order chi connectivity index (χ1) is 19.5. The highest BCUT2D eigenvalue weighted by Crippen LogP contribution is 2.33. The lowest BCUT2D eigenvalue weighted by molar-refractivity contribution is 0.103. The normalized spacial score (nSPS) is 13.5. The van der Waals surface area contributed by atoms with Crippen LogP contribution in [0.3, 0.4) is 0 Å². The quantitative estimate of drug-likeness (QED) is 0.205. The molecule has 210 valence electrons. The average molecular weight is 582 g/mol. The number of rotatable bonds is 8. The van der Waals surface area contributed by atoms with Crippen molar-refractivity contribution in [2.75, 3.05) is 10.5 Å². The van der Waals surface area contributed by atoms with Gasteiger partial charge in [-0.3, -0.25) is 9.52 Å². The lowest BCUT2D eigenvalue weighted by Gasteiger charge is -2.12. The molecule has 0 bridgehead atoms. The lowest BCUT2D eigenvalue weighted by atomic mass is 10.1. The number of aryl methyl sites for hydroxylation is 1. The van der Waals surface area contributed by atoms with Crippen LogP contribution in [0.15, 0.2) is 60.8 Å². The Hall–Kier alpha value is -4.78. The number of benzene rings is 3. The highest BCUT2D eigenvalue weighted by atomic mass is 32.2. The second-order valence-electron chi connectivity index (χ2n) is 9.74. The van der Waals surface area contributed by atoms with Gasteiger partial charge in [-0.15, -0.1) is 0 Å². The molecule has 13 heteroatoms. The summed E-state index contributed by atoms with van der Waals surface area (Å²) >= 11 is 0. The zero-order valence-electron chi connectivity index (χ0n) is 21.4. The number of hydrogen-bond donors (Lipinski definition) is 3. The molecule has 1 fully saturated rings. The van der Waals surface area contributed by atoms with Gasteiger partial charge in [0.25, 0.3) is 0 Å². The van der Waals surface area contributed by atoms with Gasteiger partial charge in [0, 0.05) is 10.9 Å². The van der Waals surface area contributed by atoms with Gasteiger partial charge in [0.2, 0.25) is 21.6 Å². The first kappa shape index (κ1) is 26.4. The van der Waals surface area contributed by atoms with Gasteiger partial charge < -0.3 is 15.5 Å². The number of carbonyl (C=O) groups is 1. The van der Waals surface area contributed by atoms with Crippen molar-refractivity contribution in [3.8, 4) is 17.2 Å². The van der Waals surface area contributed by atoms with Crippen LogP contribution < -0.4 is 15.2 Å². The molecule has 2 heterocycles. The largest absolute Gasteiger partial charge is 0.454 e. The van der Waals surface area contributed by atoms with Gasteiger partial charge in [-0.25, -0.2) is 21.9 Å². The van der Waals surface area contributed by atoms with Crippen molar-refractivity contribution < 1.29 is 31.1 Å². The van der Waals surface area contributed by atoms with Gasteiger partial charge in [-0.1, -0.05) is 6.07 Å². The van der Waals surface area contributed by atoms with E-state index in [2.05, 4.69) is 14.8 Å². The number of carbonyl (C=O) groups excluding carboxylic acids is 1. The standard InChI is InChI=1S/C28H22F3N5O4S/c1-14-9-16(40-25-4-2-3-19(29)26(25)31)5-8-24(14)36-28(32)18(13-33-36)27(37)23-11-15-10-20(30)22(12-21(15)34-23)35-41(38,39)17-6-7-17/h2-5,8-13,17,34-35H,6-7,32H2,1H3. The minimum absolute atomic E-state index is 0.0330. The molecule has 1 aliphatic rings. The summed E-state index contributed by atoms with van der Waals surface area (Å²) in [5.41, 5.74) is 7.76. The fourth-order valence-electron chi connectivity index (χ4n) is 4.46. The van der Waals surface area contributed by atoms with Gasteiger partial charge in [0.15, 0.2) is 11.6 Å². The molecule has 0 radical (unpaired) electrons. The maximum Gasteiger partial charge on any atom is 0.235 e. The molecule has 1 saturated carbocycles. The van der Waals surface area contributed by atoms with Gasteiger partial charge in [0.1, 0.15) is 17.4 Å². The van der Waals surface area contributed by atoms with Gasteiger partial charge in [-0.05, 0) is 73.9 Å². The number of fused-ring (bicyclic) bond motifs is 1. The number of nitrogens with zero attached hydrogens (tertiary/aromatic N) is 2. The van der Waals surface area contributed by atoms with E-state index in [1.54, 1.807) is 19.1 Å². The second kappa shape index (κ2) is 9.70. The molecule has 9 nitrogen and oxygen atoms in total. The zero-order valence-corrected chi connectivity index (χ0v) is 22.2. The molecule has 0 unspecified atom stereocenters. The molecule has 0 spiro atoms. The minimum Gasteiger partial charge on any atom is -0.454 e. The van der Waals surface area contributed by atoms with E-state index in [0.717, 1.165) is 12.1 Å². The van der Waals surface area contributed by atoms with E-state index >= 15 is 0 Å². The smallest absolute Gasteiger partial charge is 0.235 e. The van der Waals surface area contributed by atoms with E-state index in [1.807, 2.05) is 0 Å². The van der Waals surface area contributed by atoms with Crippen molar-refractivity contribution in [1.29, 1.82) is 0 Å². The number of nitrogens with one attached hydrogen (secondary N) is 2. The first-order valence-electron chi connectivity index (χ1n) is 12.5. The van der Waals surface area contributed by atoms with Crippen molar-refractivity contribution in [2.24, 2.45) is 0 Å². The number of ketones is 1. The number of nitrogens with two attached hydrogens (primary N) is 1. The van der Waals surface area contributed by atoms with Crippen LogP contribution in [-0.4, -0.2) is 34.2 Å². The Bertz CT molecular complexity index is 1970. The fraction of sp³-hybridized carbons (Fsp3) is 0.143. The summed E-state index contributed by atoms with van der Waals surface area (Å²) in [7, 11) is -3.68. The molecule has 6 rings (SSSR count). The Balaban J connectivity index is 1.26. The van der Waals surface area contributed by atoms with E-state index in [-0.39, 0.29) is 34.3 Å². The van der Waals surface area contributed by atoms with Crippen LogP contribution in [-0.2, 0) is 10.0 Å². The Morgan fingerprint density at radius 1 is 1.10 bits per heavy atom. The lowest BCUT2D eigenvalue weighted by Crippen LogP contribution is -2.18. The molecule has 1 aliphatic carbocycles. The Labute approximate surface area is 231 Å². The molecule has 0 amide bonds. The van der Waals surface area contributed by atoms with Crippen LogP contribution in [0.25, 0.3) is 16.6 Å². The Morgan fingerprint density at radius 3 is 2.61 bits per heavy atom. The molecule has 0 aliphatic heterocycles. The van der Waals surface area contributed by atoms with E-state index in [1.165, 1.54) is 41.2 Å². The number of sulfonamides is 1. The number of hydrogen-bond acceptors (Lipinski definition) is 6. The van der Waals surface area contributed by atoms with E-state index in [4.69, 9.17) is 10.5 Å². The topological polar surface area (TPSA) is 132 Å². The number of H-pyrrole nitrogens is 1. The van der Waals surface area contributed by atoms with Crippen LogP contribution in [0, 0.1) is 24.4 Å². The molecule has 41 heavy (non-hydrogen) atoms. The monoisotopic (exact) mass is 581 g/mol. The molecular weight excluding hydrogens is 559 g/mol. The molecule has 3 aromatic carbocycles. The number of nitrogen functional groups attached to an aromatic ring is 1. The van der Waals surface area contributed by atoms with Crippen molar-refractivity contribution >= 4 is 38.2 Å². The molecule has 0 atom stereocenters. The summed E-state index contributed by atoms with van der Waals surface area (Å²) in [5, 5.41) is 4.09. The number of anilines is 2. The van der Waals surface area contributed by atoms with Crippen LogP contribution >= 0.6 is 0 Å². The van der Waals surface area contributed by atoms with Crippen LogP contribution in [0.5, 0.6) is 11.5 Å². The van der Waals surface area contributed by atoms with Gasteiger partial charge >= 0.3 is 0 Å². The molecule has 2 aromatic heterocycles. The summed E-state index contributed by atoms with van der Waals surface area (Å²) < 4.78 is 75.8. The number of ether oxygens (including phenoxy) is 1. The number of aromatic nitrogens is 3. The maximum atomic E-state index is 14.6. The van der Waals surface area contributed by atoms with Crippen LogP contribution in [0.1, 0.15) is 34.5 Å². The molecule has 5 aromatic rings. The van der Waals surface area contributed by atoms with Crippen molar-refractivity contribution in [3.05, 3.63) is 95.1 Å². The third kappa shape index (κ3) is 4.88. The van der Waals surface area contributed by atoms with Gasteiger partial charge in [0.05, 0.1) is 34.1 Å². The molecule has 0 saturated heterocycles. The number of aromatic amines is 1. The minimum atomic E-state index is -3.68. The first-order valence-corrected chi connectivity index (χ1v) is 14.0. The predicted molar refractivity (Wildman–Crippen MR) is 146 cm³/mol. The van der Waals surface area contributed by atoms with Gasteiger partial charge in [-0.2, -0.15) is 9.49 Å². The Morgan fingerprint density at radius 2 is 1.88 bits per heavy atom. The summed E-state index contributed by atoms with van der Waals surface area (Å²) in [6.07, 6.45) is 2.36. The summed E-state index contributed by atoms with van der Waals surface area (Å²) in [5.74, 6) is -3.40. The van der Waals surface area contributed by atoms with E-state index < -0.39 is 38.5 Å². The van der Waals surface area contributed by atoms with Crippen LogP contribution in [0.4, 0.5) is 24.7 Å². The third-order valence-electron chi connectivity index (χ3n) is 6.76. The van der Waals surface area contributed by atoms with Crippen molar-refractivity contribution in [2.45, 2.75) is 25.0 Å². The van der Waals surface area contributed by atoms with E-state index in [9.17, 15) is 26.4 Å². The average Bonchev–Trinajstić information content (AvgIpc) is 3.62. The van der Waals surface area contributed by atoms with E-state index in [0.29, 0.717) is 35.0 Å². The fourth-order valence-corrected chi connectivity index (χ4v) is 5.84.